The number of carbonyl (C=O) groups is 1. The minimum atomic E-state index is -0.133. The Labute approximate surface area is 121 Å². The molecule has 1 fully saturated rings. The van der Waals surface area contributed by atoms with Crippen molar-refractivity contribution in [1.82, 2.24) is 5.32 Å². The quantitative estimate of drug-likeness (QED) is 0.791. The van der Waals surface area contributed by atoms with Gasteiger partial charge in [0.1, 0.15) is 0 Å². The molecule has 1 aromatic carbocycles. The fraction of sp³-hybridized carbons (Fsp3) is 0.562. The number of hydrogen-bond acceptors (Lipinski definition) is 2. The summed E-state index contributed by atoms with van der Waals surface area (Å²) in [5.74, 6) is 0. The first kappa shape index (κ1) is 14.9. The molecule has 20 heavy (non-hydrogen) atoms. The van der Waals surface area contributed by atoms with Crippen molar-refractivity contribution >= 4 is 11.7 Å². The van der Waals surface area contributed by atoms with Gasteiger partial charge in [0, 0.05) is 17.8 Å². The van der Waals surface area contributed by atoms with Crippen LogP contribution in [0.3, 0.4) is 0 Å². The third kappa shape index (κ3) is 3.51. The molecule has 0 aromatic heterocycles. The van der Waals surface area contributed by atoms with Gasteiger partial charge in [0.2, 0.25) is 0 Å². The molecule has 110 valence electrons. The second-order valence-corrected chi connectivity index (χ2v) is 6.45. The molecular formula is C16H25N3O. The summed E-state index contributed by atoms with van der Waals surface area (Å²) >= 11 is 0. The Hall–Kier alpha value is -1.55. The average molecular weight is 275 g/mol. The summed E-state index contributed by atoms with van der Waals surface area (Å²) in [5, 5.41) is 5.98. The van der Waals surface area contributed by atoms with Gasteiger partial charge >= 0.3 is 6.03 Å². The Morgan fingerprint density at radius 1 is 1.45 bits per heavy atom. The van der Waals surface area contributed by atoms with E-state index in [1.165, 1.54) is 6.42 Å². The lowest BCUT2D eigenvalue weighted by atomic mass is 9.87. The standard InChI is InChI=1S/C16H25N3O/c1-11(17)12-6-4-7-13(10-12)18-15(20)19-14-8-5-9-16(14,2)3/h4,6-7,10-11,14H,5,8-9,17H2,1-3H3,(H2,18,19,20). The van der Waals surface area contributed by atoms with Gasteiger partial charge in [-0.1, -0.05) is 32.4 Å². The summed E-state index contributed by atoms with van der Waals surface area (Å²) in [6.45, 7) is 6.35. The summed E-state index contributed by atoms with van der Waals surface area (Å²) in [6.07, 6.45) is 3.40. The van der Waals surface area contributed by atoms with Crippen LogP contribution in [-0.2, 0) is 0 Å². The van der Waals surface area contributed by atoms with Gasteiger partial charge < -0.3 is 16.4 Å². The highest BCUT2D eigenvalue weighted by Gasteiger charge is 2.35. The van der Waals surface area contributed by atoms with Crippen molar-refractivity contribution in [3.05, 3.63) is 29.8 Å². The average Bonchev–Trinajstić information content (AvgIpc) is 2.69. The number of benzene rings is 1. The third-order valence-electron chi connectivity index (χ3n) is 4.23. The van der Waals surface area contributed by atoms with Crippen molar-refractivity contribution in [2.24, 2.45) is 11.1 Å². The zero-order valence-electron chi connectivity index (χ0n) is 12.6. The van der Waals surface area contributed by atoms with E-state index >= 15 is 0 Å². The SMILES string of the molecule is CC(N)c1cccc(NC(=O)NC2CCCC2(C)C)c1. The molecular weight excluding hydrogens is 250 g/mol. The van der Waals surface area contributed by atoms with Crippen molar-refractivity contribution in [2.75, 3.05) is 5.32 Å². The van der Waals surface area contributed by atoms with Crippen LogP contribution in [0.1, 0.15) is 51.6 Å². The molecule has 4 N–H and O–H groups in total. The van der Waals surface area contributed by atoms with E-state index in [-0.39, 0.29) is 23.5 Å². The maximum absolute atomic E-state index is 12.1. The number of carbonyl (C=O) groups excluding carboxylic acids is 1. The molecule has 4 heteroatoms. The van der Waals surface area contributed by atoms with Crippen LogP contribution in [0.4, 0.5) is 10.5 Å². The highest BCUT2D eigenvalue weighted by Crippen LogP contribution is 2.37. The number of nitrogens with one attached hydrogen (secondary N) is 2. The maximum Gasteiger partial charge on any atom is 0.319 e. The van der Waals surface area contributed by atoms with Gasteiger partial charge in [-0.15, -0.1) is 0 Å². The van der Waals surface area contributed by atoms with Crippen LogP contribution in [-0.4, -0.2) is 12.1 Å². The van der Waals surface area contributed by atoms with Crippen molar-refractivity contribution in [3.8, 4) is 0 Å². The second-order valence-electron chi connectivity index (χ2n) is 6.45. The zero-order valence-corrected chi connectivity index (χ0v) is 12.6. The largest absolute Gasteiger partial charge is 0.335 e. The normalized spacial score (nSPS) is 22.3. The van der Waals surface area contributed by atoms with Crippen LogP contribution >= 0.6 is 0 Å². The molecule has 2 rings (SSSR count). The number of anilines is 1. The van der Waals surface area contributed by atoms with Gasteiger partial charge in [-0.2, -0.15) is 0 Å². The van der Waals surface area contributed by atoms with Crippen molar-refractivity contribution < 1.29 is 4.79 Å². The van der Waals surface area contributed by atoms with E-state index < -0.39 is 0 Å². The molecule has 4 nitrogen and oxygen atoms in total. The minimum Gasteiger partial charge on any atom is -0.335 e. The fourth-order valence-corrected chi connectivity index (χ4v) is 2.82. The van der Waals surface area contributed by atoms with E-state index in [0.29, 0.717) is 0 Å². The third-order valence-corrected chi connectivity index (χ3v) is 4.23. The molecule has 2 atom stereocenters. The summed E-state index contributed by atoms with van der Waals surface area (Å²) in [5.41, 5.74) is 7.84. The van der Waals surface area contributed by atoms with E-state index in [0.717, 1.165) is 24.1 Å². The molecule has 0 radical (unpaired) electrons. The summed E-state index contributed by atoms with van der Waals surface area (Å²) in [7, 11) is 0. The minimum absolute atomic E-state index is 0.0337. The molecule has 0 heterocycles. The molecule has 0 saturated heterocycles. The molecule has 0 bridgehead atoms. The molecule has 1 aliphatic rings. The monoisotopic (exact) mass is 275 g/mol. The first-order chi connectivity index (χ1) is 9.38. The number of hydrogen-bond donors (Lipinski definition) is 3. The second kappa shape index (κ2) is 5.83. The van der Waals surface area contributed by atoms with E-state index in [9.17, 15) is 4.79 Å². The number of amides is 2. The molecule has 0 aliphatic heterocycles. The first-order valence-corrected chi connectivity index (χ1v) is 7.31. The smallest absolute Gasteiger partial charge is 0.319 e. The zero-order chi connectivity index (χ0) is 14.8. The van der Waals surface area contributed by atoms with Crippen LogP contribution in [0.5, 0.6) is 0 Å². The van der Waals surface area contributed by atoms with E-state index in [1.54, 1.807) is 0 Å². The van der Waals surface area contributed by atoms with Gasteiger partial charge in [0.15, 0.2) is 0 Å². The number of rotatable bonds is 3. The van der Waals surface area contributed by atoms with Gasteiger partial charge in [-0.25, -0.2) is 4.79 Å². The predicted octanol–water partition coefficient (Wildman–Crippen LogP) is 3.41. The Kier molecular flexibility index (Phi) is 4.33. The van der Waals surface area contributed by atoms with Crippen LogP contribution in [0.25, 0.3) is 0 Å². The number of nitrogens with two attached hydrogens (primary N) is 1. The van der Waals surface area contributed by atoms with Crippen molar-refractivity contribution in [1.29, 1.82) is 0 Å². The molecule has 2 amide bonds. The van der Waals surface area contributed by atoms with Crippen LogP contribution in [0.15, 0.2) is 24.3 Å². The van der Waals surface area contributed by atoms with E-state index in [4.69, 9.17) is 5.73 Å². The lowest BCUT2D eigenvalue weighted by molar-refractivity contribution is 0.233. The summed E-state index contributed by atoms with van der Waals surface area (Å²) in [6, 6.07) is 7.76. The lowest BCUT2D eigenvalue weighted by Gasteiger charge is -2.27. The number of urea groups is 1. The van der Waals surface area contributed by atoms with Crippen molar-refractivity contribution in [3.63, 3.8) is 0 Å². The molecule has 1 aliphatic carbocycles. The van der Waals surface area contributed by atoms with Crippen molar-refractivity contribution in [2.45, 2.75) is 52.1 Å². The predicted molar refractivity (Wildman–Crippen MR) is 82.6 cm³/mol. The highest BCUT2D eigenvalue weighted by molar-refractivity contribution is 5.89. The van der Waals surface area contributed by atoms with Gasteiger partial charge in [-0.3, -0.25) is 0 Å². The lowest BCUT2D eigenvalue weighted by Crippen LogP contribution is -2.43. The molecule has 0 spiro atoms. The van der Waals surface area contributed by atoms with Gasteiger partial charge in [0.25, 0.3) is 0 Å². The molecule has 1 aromatic rings. The van der Waals surface area contributed by atoms with Gasteiger partial charge in [-0.05, 0) is 42.9 Å². The molecule has 1 saturated carbocycles. The topological polar surface area (TPSA) is 67.1 Å². The fourth-order valence-electron chi connectivity index (χ4n) is 2.82. The summed E-state index contributed by atoms with van der Waals surface area (Å²) in [4.78, 5) is 12.1. The van der Waals surface area contributed by atoms with E-state index in [2.05, 4.69) is 24.5 Å². The van der Waals surface area contributed by atoms with Crippen LogP contribution in [0.2, 0.25) is 0 Å². The Bertz CT molecular complexity index is 482. The Balaban J connectivity index is 1.96. The molecule has 2 unspecified atom stereocenters. The van der Waals surface area contributed by atoms with Crippen LogP contribution in [0, 0.1) is 5.41 Å². The Morgan fingerprint density at radius 3 is 2.80 bits per heavy atom. The van der Waals surface area contributed by atoms with Gasteiger partial charge in [0.05, 0.1) is 0 Å². The van der Waals surface area contributed by atoms with E-state index in [1.807, 2.05) is 31.2 Å². The summed E-state index contributed by atoms with van der Waals surface area (Å²) < 4.78 is 0. The Morgan fingerprint density at radius 2 is 2.20 bits per heavy atom. The maximum atomic E-state index is 12.1. The first-order valence-electron chi connectivity index (χ1n) is 7.31. The highest BCUT2D eigenvalue weighted by atomic mass is 16.2. The van der Waals surface area contributed by atoms with Crippen LogP contribution < -0.4 is 16.4 Å².